The van der Waals surface area contributed by atoms with Crippen LogP contribution in [-0.2, 0) is 4.74 Å². The summed E-state index contributed by atoms with van der Waals surface area (Å²) in [6, 6.07) is 0.622. The molecule has 1 N–H and O–H groups in total. The van der Waals surface area contributed by atoms with Gasteiger partial charge in [-0.15, -0.1) is 0 Å². The van der Waals surface area contributed by atoms with Gasteiger partial charge in [0.2, 0.25) is 0 Å². The molecular weight excluding hydrogens is 210 g/mol. The zero-order valence-electron chi connectivity index (χ0n) is 11.6. The number of fused-ring (bicyclic) bond motifs is 2. The zero-order valence-corrected chi connectivity index (χ0v) is 11.6. The molecule has 2 aliphatic carbocycles. The van der Waals surface area contributed by atoms with Crippen molar-refractivity contribution in [2.75, 3.05) is 19.8 Å². The molecule has 17 heavy (non-hydrogen) atoms. The molecule has 4 atom stereocenters. The van der Waals surface area contributed by atoms with Crippen LogP contribution < -0.4 is 5.32 Å². The van der Waals surface area contributed by atoms with Gasteiger partial charge in [0.1, 0.15) is 0 Å². The normalized spacial score (nSPS) is 33.2. The van der Waals surface area contributed by atoms with Crippen LogP contribution in [0.2, 0.25) is 0 Å². The van der Waals surface area contributed by atoms with E-state index in [1.54, 1.807) is 0 Å². The summed E-state index contributed by atoms with van der Waals surface area (Å²) < 4.78 is 5.80. The van der Waals surface area contributed by atoms with Crippen molar-refractivity contribution in [1.82, 2.24) is 5.32 Å². The van der Waals surface area contributed by atoms with E-state index in [0.29, 0.717) is 6.04 Å². The van der Waals surface area contributed by atoms with Gasteiger partial charge >= 0.3 is 0 Å². The van der Waals surface area contributed by atoms with E-state index in [1.807, 2.05) is 0 Å². The number of rotatable bonds is 8. The van der Waals surface area contributed by atoms with Crippen molar-refractivity contribution < 1.29 is 4.74 Å². The van der Waals surface area contributed by atoms with Crippen LogP contribution in [0.5, 0.6) is 0 Å². The van der Waals surface area contributed by atoms with Crippen molar-refractivity contribution in [3.8, 4) is 0 Å². The van der Waals surface area contributed by atoms with Crippen molar-refractivity contribution in [1.29, 1.82) is 0 Å². The van der Waals surface area contributed by atoms with Gasteiger partial charge < -0.3 is 10.1 Å². The third-order valence-electron chi connectivity index (χ3n) is 4.61. The second-order valence-electron chi connectivity index (χ2n) is 5.97. The van der Waals surface area contributed by atoms with E-state index in [2.05, 4.69) is 19.2 Å². The third kappa shape index (κ3) is 3.45. The van der Waals surface area contributed by atoms with Gasteiger partial charge in [0.15, 0.2) is 0 Å². The molecule has 0 heterocycles. The van der Waals surface area contributed by atoms with Crippen LogP contribution in [0.4, 0.5) is 0 Å². The maximum absolute atomic E-state index is 5.80. The summed E-state index contributed by atoms with van der Waals surface area (Å²) in [4.78, 5) is 0. The monoisotopic (exact) mass is 239 g/mol. The van der Waals surface area contributed by atoms with Crippen LogP contribution >= 0.6 is 0 Å². The number of ether oxygens (including phenoxy) is 1. The zero-order chi connectivity index (χ0) is 12.1. The molecule has 0 amide bonds. The van der Waals surface area contributed by atoms with Gasteiger partial charge in [-0.1, -0.05) is 20.3 Å². The number of hydrogen-bond acceptors (Lipinski definition) is 2. The van der Waals surface area contributed by atoms with Crippen LogP contribution in [0.3, 0.4) is 0 Å². The lowest BCUT2D eigenvalue weighted by Gasteiger charge is -2.31. The fraction of sp³-hybridized carbons (Fsp3) is 1.00. The van der Waals surface area contributed by atoms with Crippen LogP contribution in [0.1, 0.15) is 52.4 Å². The smallest absolute Gasteiger partial charge is 0.0622 e. The molecule has 0 aromatic heterocycles. The molecule has 2 rings (SSSR count). The standard InChI is InChI=1S/C15H29NO/c1-3-7-16-15(11-17-8-4-2)14-10-12-5-6-13(14)9-12/h12-16H,3-11H2,1-2H3. The molecule has 0 aliphatic heterocycles. The van der Waals surface area contributed by atoms with Gasteiger partial charge in [-0.2, -0.15) is 0 Å². The van der Waals surface area contributed by atoms with E-state index in [9.17, 15) is 0 Å². The SMILES string of the molecule is CCCNC(COCCC)C1CC2CCC1C2. The Bertz CT molecular complexity index is 219. The molecule has 2 fully saturated rings. The van der Waals surface area contributed by atoms with Crippen molar-refractivity contribution in [3.05, 3.63) is 0 Å². The molecule has 0 aromatic rings. The van der Waals surface area contributed by atoms with Gasteiger partial charge in [-0.3, -0.25) is 0 Å². The first kappa shape index (κ1) is 13.4. The minimum absolute atomic E-state index is 0.622. The fourth-order valence-electron chi connectivity index (χ4n) is 3.80. The van der Waals surface area contributed by atoms with Crippen LogP contribution in [0.15, 0.2) is 0 Å². The molecule has 0 radical (unpaired) electrons. The Morgan fingerprint density at radius 3 is 2.65 bits per heavy atom. The summed E-state index contributed by atoms with van der Waals surface area (Å²) in [5.41, 5.74) is 0. The molecule has 2 heteroatoms. The molecule has 100 valence electrons. The lowest BCUT2D eigenvalue weighted by Crippen LogP contribution is -2.42. The highest BCUT2D eigenvalue weighted by atomic mass is 16.5. The molecule has 4 unspecified atom stereocenters. The summed E-state index contributed by atoms with van der Waals surface area (Å²) in [6.45, 7) is 7.44. The third-order valence-corrected chi connectivity index (χ3v) is 4.61. The van der Waals surface area contributed by atoms with Crippen LogP contribution in [0, 0.1) is 17.8 Å². The van der Waals surface area contributed by atoms with Crippen molar-refractivity contribution in [2.24, 2.45) is 17.8 Å². The minimum Gasteiger partial charge on any atom is -0.380 e. The van der Waals surface area contributed by atoms with Crippen LogP contribution in [0.25, 0.3) is 0 Å². The number of nitrogens with one attached hydrogen (secondary N) is 1. The van der Waals surface area contributed by atoms with Gasteiger partial charge in [0, 0.05) is 12.6 Å². The second kappa shape index (κ2) is 6.75. The predicted molar refractivity (Wildman–Crippen MR) is 72.1 cm³/mol. The lowest BCUT2D eigenvalue weighted by atomic mass is 9.83. The lowest BCUT2D eigenvalue weighted by molar-refractivity contribution is 0.0805. The Morgan fingerprint density at radius 1 is 1.18 bits per heavy atom. The molecule has 2 nitrogen and oxygen atoms in total. The molecular formula is C15H29NO. The van der Waals surface area contributed by atoms with E-state index in [-0.39, 0.29) is 0 Å². The largest absolute Gasteiger partial charge is 0.380 e. The highest BCUT2D eigenvalue weighted by molar-refractivity contribution is 4.95. The summed E-state index contributed by atoms with van der Waals surface area (Å²) in [6.07, 6.45) is 8.30. The maximum Gasteiger partial charge on any atom is 0.0622 e. The van der Waals surface area contributed by atoms with Crippen LogP contribution in [-0.4, -0.2) is 25.8 Å². The van der Waals surface area contributed by atoms with Crippen molar-refractivity contribution >= 4 is 0 Å². The fourth-order valence-corrected chi connectivity index (χ4v) is 3.80. The molecule has 2 saturated carbocycles. The first-order chi connectivity index (χ1) is 8.35. The van der Waals surface area contributed by atoms with Gasteiger partial charge in [0.05, 0.1) is 6.61 Å². The quantitative estimate of drug-likeness (QED) is 0.657. The number of hydrogen-bond donors (Lipinski definition) is 1. The minimum atomic E-state index is 0.622. The first-order valence-corrected chi connectivity index (χ1v) is 7.66. The molecule has 2 bridgehead atoms. The predicted octanol–water partition coefficient (Wildman–Crippen LogP) is 3.22. The Labute approximate surface area is 107 Å². The average Bonchev–Trinajstić information content (AvgIpc) is 2.95. The van der Waals surface area contributed by atoms with E-state index in [4.69, 9.17) is 4.74 Å². The molecule has 2 aliphatic rings. The molecule has 0 aromatic carbocycles. The average molecular weight is 239 g/mol. The topological polar surface area (TPSA) is 21.3 Å². The highest BCUT2D eigenvalue weighted by Crippen LogP contribution is 2.49. The van der Waals surface area contributed by atoms with E-state index in [1.165, 1.54) is 32.1 Å². The van der Waals surface area contributed by atoms with E-state index < -0.39 is 0 Å². The Kier molecular flexibility index (Phi) is 5.30. The second-order valence-corrected chi connectivity index (χ2v) is 5.97. The maximum atomic E-state index is 5.80. The van der Waals surface area contributed by atoms with Gasteiger partial charge in [0.25, 0.3) is 0 Å². The molecule has 0 saturated heterocycles. The van der Waals surface area contributed by atoms with Crippen molar-refractivity contribution in [3.63, 3.8) is 0 Å². The summed E-state index contributed by atoms with van der Waals surface area (Å²) in [7, 11) is 0. The van der Waals surface area contributed by atoms with E-state index >= 15 is 0 Å². The Hall–Kier alpha value is -0.0800. The van der Waals surface area contributed by atoms with Gasteiger partial charge in [-0.25, -0.2) is 0 Å². The molecule has 0 spiro atoms. The highest BCUT2D eigenvalue weighted by Gasteiger charge is 2.42. The van der Waals surface area contributed by atoms with Crippen molar-refractivity contribution in [2.45, 2.75) is 58.4 Å². The Balaban J connectivity index is 1.81. The first-order valence-electron chi connectivity index (χ1n) is 7.66. The Morgan fingerprint density at radius 2 is 2.06 bits per heavy atom. The summed E-state index contributed by atoms with van der Waals surface area (Å²) >= 11 is 0. The van der Waals surface area contributed by atoms with E-state index in [0.717, 1.165) is 43.9 Å². The van der Waals surface area contributed by atoms with Gasteiger partial charge in [-0.05, 0) is 56.4 Å². The summed E-state index contributed by atoms with van der Waals surface area (Å²) in [5, 5.41) is 3.73. The summed E-state index contributed by atoms with van der Waals surface area (Å²) in [5.74, 6) is 2.94.